The van der Waals surface area contributed by atoms with Crippen LogP contribution in [0.3, 0.4) is 0 Å². The normalized spacial score (nSPS) is 10.3. The Labute approximate surface area is 75.7 Å². The van der Waals surface area contributed by atoms with Crippen LogP contribution in [0, 0.1) is 0 Å². The summed E-state index contributed by atoms with van der Waals surface area (Å²) < 4.78 is 24.4. The molecular weight excluding hydrogens is 232 g/mol. The maximum absolute atomic E-state index is 12.2. The van der Waals surface area contributed by atoms with E-state index in [0.717, 1.165) is 6.07 Å². The Balaban J connectivity index is 3.16. The van der Waals surface area contributed by atoms with Crippen molar-refractivity contribution in [3.05, 3.63) is 28.0 Å². The molecule has 0 radical (unpaired) electrons. The van der Waals surface area contributed by atoms with E-state index >= 15 is 0 Å². The predicted octanol–water partition coefficient (Wildman–Crippen LogP) is 2.59. The fraction of sp³-hybridized carbons (Fsp3) is 0.143. The monoisotopic (exact) mass is 235 g/mol. The van der Waals surface area contributed by atoms with E-state index in [9.17, 15) is 13.6 Å². The van der Waals surface area contributed by atoms with Crippen LogP contribution < -0.4 is 0 Å². The third-order valence-electron chi connectivity index (χ3n) is 1.26. The molecule has 1 rings (SSSR count). The molecule has 1 heterocycles. The summed E-state index contributed by atoms with van der Waals surface area (Å²) >= 11 is 2.85. The van der Waals surface area contributed by atoms with Crippen LogP contribution in [0.15, 0.2) is 16.9 Å². The van der Waals surface area contributed by atoms with Crippen molar-refractivity contribution in [1.82, 2.24) is 4.98 Å². The molecule has 0 N–H and O–H groups in total. The molecule has 0 fully saturated rings. The Morgan fingerprint density at radius 3 is 2.75 bits per heavy atom. The number of nitrogens with zero attached hydrogens (tertiary/aromatic N) is 1. The maximum Gasteiger partial charge on any atom is 0.266 e. The standard InChI is InChI=1S/C7H4BrF2NO/c8-6-5(7(9)10)1-4(3-12)2-11-6/h1-3,7H. The zero-order valence-corrected chi connectivity index (χ0v) is 7.38. The first-order chi connectivity index (χ1) is 5.65. The maximum atomic E-state index is 12.2. The van der Waals surface area contributed by atoms with Gasteiger partial charge in [0, 0.05) is 11.8 Å². The van der Waals surface area contributed by atoms with Gasteiger partial charge in [-0.25, -0.2) is 13.8 Å². The summed E-state index contributed by atoms with van der Waals surface area (Å²) in [7, 11) is 0. The highest BCUT2D eigenvalue weighted by Crippen LogP contribution is 2.25. The Kier molecular flexibility index (Phi) is 2.86. The van der Waals surface area contributed by atoms with Gasteiger partial charge in [-0.3, -0.25) is 4.79 Å². The zero-order chi connectivity index (χ0) is 9.14. The van der Waals surface area contributed by atoms with Crippen molar-refractivity contribution in [2.24, 2.45) is 0 Å². The minimum Gasteiger partial charge on any atom is -0.298 e. The van der Waals surface area contributed by atoms with Gasteiger partial charge in [0.2, 0.25) is 0 Å². The summed E-state index contributed by atoms with van der Waals surface area (Å²) in [6.45, 7) is 0. The fourth-order valence-electron chi connectivity index (χ4n) is 0.700. The number of rotatable bonds is 2. The lowest BCUT2D eigenvalue weighted by atomic mass is 10.2. The molecule has 5 heteroatoms. The summed E-state index contributed by atoms with van der Waals surface area (Å²) in [5.41, 5.74) is -0.117. The van der Waals surface area contributed by atoms with Gasteiger partial charge in [-0.15, -0.1) is 0 Å². The average Bonchev–Trinajstić information content (AvgIpc) is 2.05. The van der Waals surface area contributed by atoms with E-state index in [4.69, 9.17) is 0 Å². The smallest absolute Gasteiger partial charge is 0.266 e. The molecule has 12 heavy (non-hydrogen) atoms. The molecule has 2 nitrogen and oxygen atoms in total. The van der Waals surface area contributed by atoms with Gasteiger partial charge in [-0.2, -0.15) is 0 Å². The van der Waals surface area contributed by atoms with Crippen LogP contribution >= 0.6 is 15.9 Å². The van der Waals surface area contributed by atoms with Gasteiger partial charge in [-0.05, 0) is 22.0 Å². The summed E-state index contributed by atoms with van der Waals surface area (Å²) in [6, 6.07) is 1.11. The minimum absolute atomic E-state index is 0.0723. The summed E-state index contributed by atoms with van der Waals surface area (Å²) in [4.78, 5) is 13.8. The summed E-state index contributed by atoms with van der Waals surface area (Å²) in [6.07, 6.45) is -0.916. The summed E-state index contributed by atoms with van der Waals surface area (Å²) in [5.74, 6) is 0. The second-order valence-electron chi connectivity index (χ2n) is 2.07. The molecule has 0 aliphatic heterocycles. The lowest BCUT2D eigenvalue weighted by molar-refractivity contribution is 0.112. The first kappa shape index (κ1) is 9.25. The van der Waals surface area contributed by atoms with Crippen molar-refractivity contribution in [1.29, 1.82) is 0 Å². The van der Waals surface area contributed by atoms with E-state index in [2.05, 4.69) is 20.9 Å². The van der Waals surface area contributed by atoms with Gasteiger partial charge in [0.15, 0.2) is 6.29 Å². The van der Waals surface area contributed by atoms with Crippen LogP contribution in [0.4, 0.5) is 8.78 Å². The van der Waals surface area contributed by atoms with E-state index in [0.29, 0.717) is 6.29 Å². The van der Waals surface area contributed by atoms with Crippen LogP contribution in [0.1, 0.15) is 22.3 Å². The number of carbonyl (C=O) groups is 1. The van der Waals surface area contributed by atoms with Crippen molar-refractivity contribution in [3.8, 4) is 0 Å². The molecule has 0 amide bonds. The number of halogens is 3. The predicted molar refractivity (Wildman–Crippen MR) is 42.3 cm³/mol. The average molecular weight is 236 g/mol. The largest absolute Gasteiger partial charge is 0.298 e. The highest BCUT2D eigenvalue weighted by atomic mass is 79.9. The third kappa shape index (κ3) is 1.85. The molecular formula is C7H4BrF2NO. The van der Waals surface area contributed by atoms with E-state index in [1.54, 1.807) is 0 Å². The Morgan fingerprint density at radius 1 is 1.58 bits per heavy atom. The van der Waals surface area contributed by atoms with Gasteiger partial charge in [-0.1, -0.05) is 0 Å². The van der Waals surface area contributed by atoms with Crippen LogP contribution in [-0.2, 0) is 0 Å². The van der Waals surface area contributed by atoms with Crippen LogP contribution in [0.5, 0.6) is 0 Å². The van der Waals surface area contributed by atoms with Crippen molar-refractivity contribution in [2.45, 2.75) is 6.43 Å². The van der Waals surface area contributed by atoms with Crippen LogP contribution in [-0.4, -0.2) is 11.3 Å². The summed E-state index contributed by atoms with van der Waals surface area (Å²) in [5, 5.41) is 0. The van der Waals surface area contributed by atoms with E-state index in [1.807, 2.05) is 0 Å². The number of pyridine rings is 1. The van der Waals surface area contributed by atoms with Crippen molar-refractivity contribution < 1.29 is 13.6 Å². The molecule has 1 aromatic heterocycles. The van der Waals surface area contributed by atoms with Crippen molar-refractivity contribution in [3.63, 3.8) is 0 Å². The molecule has 64 valence electrons. The minimum atomic E-state index is -2.62. The van der Waals surface area contributed by atoms with Gasteiger partial charge in [0.1, 0.15) is 4.60 Å². The van der Waals surface area contributed by atoms with Gasteiger partial charge in [0.05, 0.1) is 5.56 Å². The van der Waals surface area contributed by atoms with Gasteiger partial charge in [0.25, 0.3) is 6.43 Å². The lowest BCUT2D eigenvalue weighted by Crippen LogP contribution is -1.92. The number of aldehydes is 1. The third-order valence-corrected chi connectivity index (χ3v) is 1.92. The van der Waals surface area contributed by atoms with Gasteiger partial charge >= 0.3 is 0 Å². The highest BCUT2D eigenvalue weighted by Gasteiger charge is 2.12. The van der Waals surface area contributed by atoms with E-state index < -0.39 is 6.43 Å². The quantitative estimate of drug-likeness (QED) is 0.583. The zero-order valence-electron chi connectivity index (χ0n) is 5.80. The Bertz CT molecular complexity index is 303. The molecule has 0 aliphatic rings. The molecule has 0 atom stereocenters. The van der Waals surface area contributed by atoms with Crippen LogP contribution in [0.25, 0.3) is 0 Å². The SMILES string of the molecule is O=Cc1cnc(Br)c(C(F)F)c1. The highest BCUT2D eigenvalue weighted by molar-refractivity contribution is 9.10. The first-order valence-corrected chi connectivity index (χ1v) is 3.83. The lowest BCUT2D eigenvalue weighted by Gasteiger charge is -2.01. The molecule has 0 aromatic carbocycles. The number of alkyl halides is 2. The second kappa shape index (κ2) is 3.71. The molecule has 0 bridgehead atoms. The van der Waals surface area contributed by atoms with E-state index in [-0.39, 0.29) is 15.7 Å². The molecule has 1 aromatic rings. The molecule has 0 aliphatic carbocycles. The second-order valence-corrected chi connectivity index (χ2v) is 2.82. The van der Waals surface area contributed by atoms with Crippen molar-refractivity contribution in [2.75, 3.05) is 0 Å². The fourth-order valence-corrected chi connectivity index (χ4v) is 1.09. The Hall–Kier alpha value is -0.840. The van der Waals surface area contributed by atoms with Gasteiger partial charge < -0.3 is 0 Å². The Morgan fingerprint density at radius 2 is 2.25 bits per heavy atom. The number of aromatic nitrogens is 1. The topological polar surface area (TPSA) is 30.0 Å². The number of hydrogen-bond donors (Lipinski definition) is 0. The molecule has 0 spiro atoms. The first-order valence-electron chi connectivity index (χ1n) is 3.04. The number of carbonyl (C=O) groups excluding carboxylic acids is 1. The molecule has 0 unspecified atom stereocenters. The van der Waals surface area contributed by atoms with Crippen LogP contribution in [0.2, 0.25) is 0 Å². The van der Waals surface area contributed by atoms with E-state index in [1.165, 1.54) is 6.20 Å². The molecule has 0 saturated heterocycles. The molecule has 0 saturated carbocycles. The van der Waals surface area contributed by atoms with Crippen molar-refractivity contribution >= 4 is 22.2 Å². The number of hydrogen-bond acceptors (Lipinski definition) is 2.